The van der Waals surface area contributed by atoms with E-state index in [4.69, 9.17) is 0 Å². The average molecular weight is 428 g/mol. The van der Waals surface area contributed by atoms with Crippen LogP contribution in [0, 0.1) is 0 Å². The van der Waals surface area contributed by atoms with E-state index in [1.165, 1.54) is 0 Å². The Hall–Kier alpha value is -3.13. The van der Waals surface area contributed by atoms with Gasteiger partial charge < -0.3 is 4.80 Å². The number of H-pyrrole nitrogens is 1. The van der Waals surface area contributed by atoms with Crippen molar-refractivity contribution in [2.45, 2.75) is 25.4 Å². The van der Waals surface area contributed by atoms with Gasteiger partial charge in [-0.05, 0) is 40.5 Å². The summed E-state index contributed by atoms with van der Waals surface area (Å²) in [6.45, 7) is 1.72. The van der Waals surface area contributed by atoms with Gasteiger partial charge in [0.25, 0.3) is 8.32 Å². The van der Waals surface area contributed by atoms with Gasteiger partial charge in [-0.2, -0.15) is 5.21 Å². The summed E-state index contributed by atoms with van der Waals surface area (Å²) in [4.78, 5) is 14.8. The second-order valence-corrected chi connectivity index (χ2v) is 11.1. The summed E-state index contributed by atoms with van der Waals surface area (Å²) >= 11 is 0. The molecule has 1 atom stereocenters. The highest BCUT2D eigenvalue weighted by atomic mass is 28.4. The van der Waals surface area contributed by atoms with E-state index in [1.54, 1.807) is 0 Å². The summed E-state index contributed by atoms with van der Waals surface area (Å²) in [7, 11) is -3.16. The highest BCUT2D eigenvalue weighted by Gasteiger charge is 2.40. The molecule has 1 saturated heterocycles. The monoisotopic (exact) mass is 427 g/mol. The van der Waals surface area contributed by atoms with Crippen LogP contribution in [0.3, 0.4) is 0 Å². The molecule has 4 aromatic rings. The number of aromatic nitrogens is 4. The number of nitrogens with one attached hydrogen (secondary N) is 1. The molecule has 3 aromatic carbocycles. The molecule has 0 bridgehead atoms. The van der Waals surface area contributed by atoms with E-state index in [0.29, 0.717) is 0 Å². The van der Waals surface area contributed by atoms with Crippen molar-refractivity contribution in [2.24, 2.45) is 0 Å². The Morgan fingerprint density at radius 2 is 1.55 bits per heavy atom. The molecule has 2 heterocycles. The largest absolute Gasteiger partial charge is 0.421 e. The number of rotatable bonds is 6. The minimum Gasteiger partial charge on any atom is -0.421 e. The maximum absolute atomic E-state index is 12.4. The maximum Gasteiger partial charge on any atom is 0.285 e. The molecule has 0 unspecified atom stereocenters. The van der Waals surface area contributed by atoms with Crippen LogP contribution in [0.4, 0.5) is 0 Å². The second-order valence-electron chi connectivity index (χ2n) is 8.00. The van der Waals surface area contributed by atoms with E-state index in [2.05, 4.69) is 43.7 Å². The molecule has 1 aliphatic heterocycles. The standard InChI is InChI=1S/C24H25N5OSi/c30-31(20-11-3-1-4-12-20,21-13-5-2-6-14-21)23-16-8-7-10-19(23)18-29-17-9-15-22(29)24-25-27-28-26-24/h1-8,10-14,16,22,30H,9,15,17-18H2,(H,25,26,27,28)/t22-/m0/s1. The van der Waals surface area contributed by atoms with Gasteiger partial charge in [-0.1, -0.05) is 90.1 Å². The first-order valence-corrected chi connectivity index (χ1v) is 12.6. The van der Waals surface area contributed by atoms with Crippen LogP contribution in [-0.4, -0.2) is 45.2 Å². The molecule has 1 fully saturated rings. The molecule has 0 aliphatic carbocycles. The lowest BCUT2D eigenvalue weighted by Crippen LogP contribution is -2.68. The first-order valence-electron chi connectivity index (χ1n) is 10.7. The van der Waals surface area contributed by atoms with Crippen molar-refractivity contribution in [1.29, 1.82) is 0 Å². The Labute approximate surface area is 182 Å². The molecule has 2 N–H and O–H groups in total. The van der Waals surface area contributed by atoms with E-state index < -0.39 is 8.32 Å². The third-order valence-corrected chi connectivity index (χ3v) is 9.79. The van der Waals surface area contributed by atoms with Gasteiger partial charge >= 0.3 is 0 Å². The Balaban J connectivity index is 1.58. The van der Waals surface area contributed by atoms with E-state index in [9.17, 15) is 4.80 Å². The predicted octanol–water partition coefficient (Wildman–Crippen LogP) is 1.50. The summed E-state index contributed by atoms with van der Waals surface area (Å²) in [6.07, 6.45) is 2.11. The maximum atomic E-state index is 12.4. The van der Waals surface area contributed by atoms with E-state index in [0.717, 1.165) is 52.9 Å². The van der Waals surface area contributed by atoms with Crippen LogP contribution in [0.15, 0.2) is 84.9 Å². The fraction of sp³-hybridized carbons (Fsp3) is 0.208. The van der Waals surface area contributed by atoms with Gasteiger partial charge in [0, 0.05) is 6.54 Å². The van der Waals surface area contributed by atoms with Crippen LogP contribution in [0.2, 0.25) is 0 Å². The summed E-state index contributed by atoms with van der Waals surface area (Å²) in [5, 5.41) is 17.8. The molecule has 156 valence electrons. The van der Waals surface area contributed by atoms with Gasteiger partial charge in [-0.3, -0.25) is 4.90 Å². The molecule has 0 amide bonds. The lowest BCUT2D eigenvalue weighted by molar-refractivity contribution is 0.240. The molecule has 6 nitrogen and oxygen atoms in total. The molecule has 5 rings (SSSR count). The van der Waals surface area contributed by atoms with Crippen LogP contribution in [0.5, 0.6) is 0 Å². The highest BCUT2D eigenvalue weighted by Crippen LogP contribution is 2.30. The van der Waals surface area contributed by atoms with Crippen molar-refractivity contribution in [3.63, 3.8) is 0 Å². The van der Waals surface area contributed by atoms with Crippen LogP contribution in [-0.2, 0) is 6.54 Å². The summed E-state index contributed by atoms with van der Waals surface area (Å²) in [5.41, 5.74) is 1.15. The number of hydrogen-bond donors (Lipinski definition) is 2. The normalized spacial score (nSPS) is 17.1. The molecule has 31 heavy (non-hydrogen) atoms. The van der Waals surface area contributed by atoms with Gasteiger partial charge in [-0.25, -0.2) is 0 Å². The lowest BCUT2D eigenvalue weighted by Gasteiger charge is -2.31. The first kappa shape index (κ1) is 19.8. The summed E-state index contributed by atoms with van der Waals surface area (Å²) < 4.78 is 0. The molecule has 1 aromatic heterocycles. The number of nitrogens with zero attached hydrogens (tertiary/aromatic N) is 4. The van der Waals surface area contributed by atoms with Crippen molar-refractivity contribution < 1.29 is 4.80 Å². The van der Waals surface area contributed by atoms with Crippen molar-refractivity contribution in [3.05, 3.63) is 96.3 Å². The van der Waals surface area contributed by atoms with Crippen molar-refractivity contribution >= 4 is 23.9 Å². The highest BCUT2D eigenvalue weighted by molar-refractivity contribution is 7.06. The third kappa shape index (κ3) is 3.72. The quantitative estimate of drug-likeness (QED) is 0.360. The minimum atomic E-state index is -3.16. The molecule has 0 radical (unpaired) electrons. The van der Waals surface area contributed by atoms with Crippen LogP contribution in [0.25, 0.3) is 0 Å². The zero-order chi connectivity index (χ0) is 21.1. The third-order valence-electron chi connectivity index (χ3n) is 6.19. The van der Waals surface area contributed by atoms with Gasteiger partial charge in [0.1, 0.15) is 0 Å². The van der Waals surface area contributed by atoms with Gasteiger partial charge in [-0.15, -0.1) is 10.2 Å². The molecular formula is C24H25N5OSi. The number of hydrogen-bond acceptors (Lipinski definition) is 5. The Kier molecular flexibility index (Phi) is 5.46. The van der Waals surface area contributed by atoms with Gasteiger partial charge in [0.15, 0.2) is 5.82 Å². The second kappa shape index (κ2) is 8.54. The van der Waals surface area contributed by atoms with Crippen molar-refractivity contribution in [3.8, 4) is 0 Å². The SMILES string of the molecule is O[Si](c1ccccc1)(c1ccccc1)c1ccccc1CN1CCC[C@H]1c1nn[nH]n1. The number of likely N-dealkylation sites (tertiary alicyclic amines) is 1. The van der Waals surface area contributed by atoms with Crippen LogP contribution < -0.4 is 15.6 Å². The van der Waals surface area contributed by atoms with Crippen LogP contribution in [0.1, 0.15) is 30.3 Å². The molecule has 1 aliphatic rings. The Bertz CT molecular complexity index is 1080. The Morgan fingerprint density at radius 1 is 0.903 bits per heavy atom. The number of benzene rings is 3. The topological polar surface area (TPSA) is 77.9 Å². The molecular weight excluding hydrogens is 402 g/mol. The van der Waals surface area contributed by atoms with E-state index in [-0.39, 0.29) is 6.04 Å². The molecule has 0 saturated carbocycles. The lowest BCUT2D eigenvalue weighted by atomic mass is 10.1. The summed E-state index contributed by atoms with van der Waals surface area (Å²) in [5.74, 6) is 0.744. The smallest absolute Gasteiger partial charge is 0.285 e. The zero-order valence-electron chi connectivity index (χ0n) is 17.2. The molecule has 0 spiro atoms. The summed E-state index contributed by atoms with van der Waals surface area (Å²) in [6, 6.07) is 28.7. The van der Waals surface area contributed by atoms with Crippen molar-refractivity contribution in [1.82, 2.24) is 25.5 Å². The Morgan fingerprint density at radius 3 is 2.19 bits per heavy atom. The molecule has 7 heteroatoms. The number of aromatic amines is 1. The fourth-order valence-corrected chi connectivity index (χ4v) is 7.95. The zero-order valence-corrected chi connectivity index (χ0v) is 18.2. The van der Waals surface area contributed by atoms with E-state index in [1.807, 2.05) is 66.7 Å². The van der Waals surface area contributed by atoms with Gasteiger partial charge in [0.2, 0.25) is 0 Å². The number of tetrazole rings is 1. The van der Waals surface area contributed by atoms with Crippen LogP contribution >= 0.6 is 0 Å². The predicted molar refractivity (Wildman–Crippen MR) is 123 cm³/mol. The minimum absolute atomic E-state index is 0.148. The van der Waals surface area contributed by atoms with E-state index >= 15 is 0 Å². The average Bonchev–Trinajstić information content (AvgIpc) is 3.52. The van der Waals surface area contributed by atoms with Crippen molar-refractivity contribution in [2.75, 3.05) is 6.54 Å². The fourth-order valence-electron chi connectivity index (χ4n) is 4.68. The van der Waals surface area contributed by atoms with Gasteiger partial charge in [0.05, 0.1) is 6.04 Å². The first-order chi connectivity index (χ1) is 15.3.